The summed E-state index contributed by atoms with van der Waals surface area (Å²) >= 11 is 0. The first-order chi connectivity index (χ1) is 5.83. The van der Waals surface area contributed by atoms with Gasteiger partial charge in [-0.15, -0.1) is 0 Å². The number of aromatic nitrogens is 1. The van der Waals surface area contributed by atoms with E-state index in [1.807, 2.05) is 18.2 Å². The number of anilines is 1. The zero-order valence-electron chi connectivity index (χ0n) is 6.77. The summed E-state index contributed by atoms with van der Waals surface area (Å²) in [6.45, 7) is 0.521. The average Bonchev–Trinajstić information content (AvgIpc) is 2.16. The van der Waals surface area contributed by atoms with E-state index < -0.39 is 0 Å². The molecule has 0 fully saturated rings. The molecule has 0 aromatic carbocycles. The van der Waals surface area contributed by atoms with E-state index in [1.54, 1.807) is 6.20 Å². The fraction of sp³-hybridized carbons (Fsp3) is 0.375. The van der Waals surface area contributed by atoms with Gasteiger partial charge in [-0.05, 0) is 12.1 Å². The van der Waals surface area contributed by atoms with Gasteiger partial charge in [-0.2, -0.15) is 0 Å². The van der Waals surface area contributed by atoms with Crippen LogP contribution in [0.3, 0.4) is 0 Å². The highest BCUT2D eigenvalue weighted by molar-refractivity contribution is 5.33. The Morgan fingerprint density at radius 1 is 1.58 bits per heavy atom. The van der Waals surface area contributed by atoms with Crippen molar-refractivity contribution >= 4 is 5.82 Å². The van der Waals surface area contributed by atoms with Crippen LogP contribution in [0.5, 0.6) is 0 Å². The second-order valence-corrected chi connectivity index (χ2v) is 2.54. The predicted octanol–water partition coefficient (Wildman–Crippen LogP) is -0.187. The van der Waals surface area contributed by atoms with Crippen LogP contribution in [0.4, 0.5) is 5.82 Å². The highest BCUT2D eigenvalue weighted by atomic mass is 16.3. The molecule has 1 aromatic heterocycles. The molecule has 4 nitrogen and oxygen atoms in total. The molecule has 0 saturated carbocycles. The van der Waals surface area contributed by atoms with Gasteiger partial charge in [0, 0.05) is 18.8 Å². The summed E-state index contributed by atoms with van der Waals surface area (Å²) in [4.78, 5) is 4.04. The number of nitrogens with zero attached hydrogens (tertiary/aromatic N) is 1. The molecule has 4 heteroatoms. The molecule has 66 valence electrons. The zero-order valence-corrected chi connectivity index (χ0v) is 6.77. The summed E-state index contributed by atoms with van der Waals surface area (Å²) in [5, 5.41) is 11.6. The van der Waals surface area contributed by atoms with Crippen molar-refractivity contribution in [2.24, 2.45) is 5.73 Å². The van der Waals surface area contributed by atoms with Crippen molar-refractivity contribution in [3.8, 4) is 0 Å². The van der Waals surface area contributed by atoms with E-state index in [-0.39, 0.29) is 12.6 Å². The molecule has 1 aromatic rings. The summed E-state index contributed by atoms with van der Waals surface area (Å²) in [5.41, 5.74) is 5.48. The van der Waals surface area contributed by atoms with E-state index in [9.17, 15) is 0 Å². The van der Waals surface area contributed by atoms with Gasteiger partial charge in [0.25, 0.3) is 0 Å². The van der Waals surface area contributed by atoms with Crippen LogP contribution in [0.2, 0.25) is 0 Å². The molecule has 1 heterocycles. The minimum atomic E-state index is -0.230. The number of aliphatic hydroxyl groups excluding tert-OH is 1. The Kier molecular flexibility index (Phi) is 3.50. The molecule has 12 heavy (non-hydrogen) atoms. The van der Waals surface area contributed by atoms with Crippen LogP contribution in [-0.4, -0.2) is 29.3 Å². The lowest BCUT2D eigenvalue weighted by molar-refractivity contribution is 0.270. The Hall–Kier alpha value is -1.13. The molecule has 0 saturated heterocycles. The first kappa shape index (κ1) is 8.96. The average molecular weight is 167 g/mol. The molecule has 0 spiro atoms. The van der Waals surface area contributed by atoms with Gasteiger partial charge >= 0.3 is 0 Å². The van der Waals surface area contributed by atoms with Gasteiger partial charge < -0.3 is 16.2 Å². The molecule has 1 rings (SSSR count). The topological polar surface area (TPSA) is 71.2 Å². The molecule has 0 aliphatic heterocycles. The molecular weight excluding hydrogens is 154 g/mol. The predicted molar refractivity (Wildman–Crippen MR) is 47.8 cm³/mol. The van der Waals surface area contributed by atoms with E-state index in [0.717, 1.165) is 5.82 Å². The quantitative estimate of drug-likeness (QED) is 0.581. The van der Waals surface area contributed by atoms with E-state index in [4.69, 9.17) is 10.8 Å². The summed E-state index contributed by atoms with van der Waals surface area (Å²) in [7, 11) is 0. The number of nitrogens with two attached hydrogens (primary N) is 1. The molecule has 0 amide bonds. The van der Waals surface area contributed by atoms with E-state index in [1.165, 1.54) is 0 Å². The first-order valence-corrected chi connectivity index (χ1v) is 3.84. The maximum atomic E-state index is 8.63. The maximum absolute atomic E-state index is 8.63. The molecular formula is C8H13N3O. The monoisotopic (exact) mass is 167 g/mol. The summed E-state index contributed by atoms with van der Waals surface area (Å²) in [5.74, 6) is 0.779. The van der Waals surface area contributed by atoms with Gasteiger partial charge in [0.15, 0.2) is 0 Å². The van der Waals surface area contributed by atoms with Gasteiger partial charge in [-0.25, -0.2) is 4.98 Å². The third-order valence-corrected chi connectivity index (χ3v) is 1.44. The SMILES string of the molecule is NC(CO)CNc1ccccn1. The van der Waals surface area contributed by atoms with Crippen LogP contribution >= 0.6 is 0 Å². The van der Waals surface area contributed by atoms with Gasteiger partial charge in [-0.3, -0.25) is 0 Å². The first-order valence-electron chi connectivity index (χ1n) is 3.84. The van der Waals surface area contributed by atoms with Crippen LogP contribution in [0.15, 0.2) is 24.4 Å². The number of pyridine rings is 1. The number of hydrogen-bond acceptors (Lipinski definition) is 4. The summed E-state index contributed by atoms with van der Waals surface area (Å²) in [6, 6.07) is 5.35. The van der Waals surface area contributed by atoms with Crippen molar-refractivity contribution < 1.29 is 5.11 Å². The zero-order chi connectivity index (χ0) is 8.81. The minimum Gasteiger partial charge on any atom is -0.395 e. The van der Waals surface area contributed by atoms with Crippen molar-refractivity contribution in [3.63, 3.8) is 0 Å². The second kappa shape index (κ2) is 4.69. The molecule has 0 radical (unpaired) electrons. The van der Waals surface area contributed by atoms with Crippen molar-refractivity contribution in [3.05, 3.63) is 24.4 Å². The number of nitrogens with one attached hydrogen (secondary N) is 1. The number of hydrogen-bond donors (Lipinski definition) is 3. The lowest BCUT2D eigenvalue weighted by Gasteiger charge is -2.09. The Morgan fingerprint density at radius 2 is 2.42 bits per heavy atom. The van der Waals surface area contributed by atoms with Gasteiger partial charge in [0.1, 0.15) is 5.82 Å². The normalized spacial score (nSPS) is 12.5. The lowest BCUT2D eigenvalue weighted by atomic mass is 10.3. The van der Waals surface area contributed by atoms with Crippen molar-refractivity contribution in [2.45, 2.75) is 6.04 Å². The van der Waals surface area contributed by atoms with Crippen LogP contribution in [0, 0.1) is 0 Å². The number of rotatable bonds is 4. The van der Waals surface area contributed by atoms with Gasteiger partial charge in [0.2, 0.25) is 0 Å². The Bertz CT molecular complexity index is 215. The molecule has 4 N–H and O–H groups in total. The van der Waals surface area contributed by atoms with Crippen LogP contribution in [0.25, 0.3) is 0 Å². The summed E-state index contributed by atoms with van der Waals surface area (Å²) < 4.78 is 0. The molecule has 0 aliphatic carbocycles. The Labute approximate surface area is 71.4 Å². The third-order valence-electron chi connectivity index (χ3n) is 1.44. The third kappa shape index (κ3) is 2.86. The fourth-order valence-electron chi connectivity index (χ4n) is 0.768. The van der Waals surface area contributed by atoms with E-state index >= 15 is 0 Å². The fourth-order valence-corrected chi connectivity index (χ4v) is 0.768. The minimum absolute atomic E-state index is 0.0141. The van der Waals surface area contributed by atoms with Crippen LogP contribution < -0.4 is 11.1 Å². The standard InChI is InChI=1S/C8H13N3O/c9-7(6-12)5-11-8-3-1-2-4-10-8/h1-4,7,12H,5-6,9H2,(H,10,11). The van der Waals surface area contributed by atoms with Crippen molar-refractivity contribution in [2.75, 3.05) is 18.5 Å². The molecule has 1 unspecified atom stereocenters. The Balaban J connectivity index is 2.33. The highest BCUT2D eigenvalue weighted by Crippen LogP contribution is 1.98. The van der Waals surface area contributed by atoms with E-state index in [0.29, 0.717) is 6.54 Å². The molecule has 0 bridgehead atoms. The highest BCUT2D eigenvalue weighted by Gasteiger charge is 1.98. The largest absolute Gasteiger partial charge is 0.395 e. The lowest BCUT2D eigenvalue weighted by Crippen LogP contribution is -2.32. The Morgan fingerprint density at radius 3 is 3.00 bits per heavy atom. The molecule has 1 atom stereocenters. The molecule has 0 aliphatic rings. The number of aliphatic hydroxyl groups is 1. The maximum Gasteiger partial charge on any atom is 0.125 e. The summed E-state index contributed by atoms with van der Waals surface area (Å²) in [6.07, 6.45) is 1.70. The van der Waals surface area contributed by atoms with Crippen molar-refractivity contribution in [1.82, 2.24) is 4.98 Å². The van der Waals surface area contributed by atoms with Crippen LogP contribution in [-0.2, 0) is 0 Å². The van der Waals surface area contributed by atoms with Crippen molar-refractivity contribution in [1.29, 1.82) is 0 Å². The van der Waals surface area contributed by atoms with Gasteiger partial charge in [0.05, 0.1) is 6.61 Å². The van der Waals surface area contributed by atoms with E-state index in [2.05, 4.69) is 10.3 Å². The second-order valence-electron chi connectivity index (χ2n) is 2.54. The van der Waals surface area contributed by atoms with Gasteiger partial charge in [-0.1, -0.05) is 6.07 Å². The van der Waals surface area contributed by atoms with Crippen LogP contribution in [0.1, 0.15) is 0 Å². The smallest absolute Gasteiger partial charge is 0.125 e.